The molecule has 1 atom stereocenters. The molecule has 0 spiro atoms. The number of piperazine rings is 1. The highest BCUT2D eigenvalue weighted by Crippen LogP contribution is 2.22. The zero-order valence-electron chi connectivity index (χ0n) is 19.2. The molecule has 6 heteroatoms. The quantitative estimate of drug-likeness (QED) is 0.493. The van der Waals surface area contributed by atoms with Crippen molar-refractivity contribution < 1.29 is 4.79 Å². The highest BCUT2D eigenvalue weighted by molar-refractivity contribution is 6.31. The summed E-state index contributed by atoms with van der Waals surface area (Å²) in [7, 11) is 0. The van der Waals surface area contributed by atoms with Gasteiger partial charge in [0.25, 0.3) is 0 Å². The molecule has 1 saturated heterocycles. The third kappa shape index (κ3) is 6.28. The Morgan fingerprint density at radius 1 is 0.970 bits per heavy atom. The van der Waals surface area contributed by atoms with Crippen LogP contribution in [0.3, 0.4) is 0 Å². The summed E-state index contributed by atoms with van der Waals surface area (Å²) in [5.74, 6) is -0.0982. The summed E-state index contributed by atoms with van der Waals surface area (Å²) in [5, 5.41) is 6.85. The standard InChI is InChI=1S/C27H31ClN4O/c1-20-8-9-23(28)18-26(20)30-27(33)21(2)29-24-10-12-25(13-11-24)32-16-14-31(15-17-32)19-22-6-4-3-5-7-22/h3-13,18,21,29H,14-17,19H2,1-2H3,(H,30,33). The van der Waals surface area contributed by atoms with Crippen LogP contribution in [0.2, 0.25) is 5.02 Å². The van der Waals surface area contributed by atoms with Crippen LogP contribution in [0.4, 0.5) is 17.1 Å². The smallest absolute Gasteiger partial charge is 0.246 e. The maximum Gasteiger partial charge on any atom is 0.246 e. The van der Waals surface area contributed by atoms with Crippen LogP contribution in [0.25, 0.3) is 0 Å². The Bertz CT molecular complexity index is 1060. The Morgan fingerprint density at radius 2 is 1.67 bits per heavy atom. The molecule has 1 heterocycles. The number of carbonyl (C=O) groups is 1. The van der Waals surface area contributed by atoms with Crippen molar-refractivity contribution >= 4 is 34.6 Å². The second-order valence-electron chi connectivity index (χ2n) is 8.61. The van der Waals surface area contributed by atoms with Crippen molar-refractivity contribution in [3.05, 3.63) is 88.9 Å². The van der Waals surface area contributed by atoms with E-state index in [-0.39, 0.29) is 11.9 Å². The maximum atomic E-state index is 12.6. The van der Waals surface area contributed by atoms with Crippen LogP contribution in [0.1, 0.15) is 18.1 Å². The van der Waals surface area contributed by atoms with E-state index in [1.54, 1.807) is 6.07 Å². The molecular weight excluding hydrogens is 432 g/mol. The zero-order valence-corrected chi connectivity index (χ0v) is 20.0. The monoisotopic (exact) mass is 462 g/mol. The predicted molar refractivity (Wildman–Crippen MR) is 138 cm³/mol. The first-order valence-electron chi connectivity index (χ1n) is 11.4. The van der Waals surface area contributed by atoms with Crippen molar-refractivity contribution in [1.82, 2.24) is 4.90 Å². The molecule has 3 aromatic carbocycles. The van der Waals surface area contributed by atoms with Crippen LogP contribution in [0.5, 0.6) is 0 Å². The SMILES string of the molecule is Cc1ccc(Cl)cc1NC(=O)C(C)Nc1ccc(N2CCN(Cc3ccccc3)CC2)cc1. The summed E-state index contributed by atoms with van der Waals surface area (Å²) in [4.78, 5) is 17.6. The molecule has 0 aromatic heterocycles. The third-order valence-corrected chi connectivity index (χ3v) is 6.32. The number of hydrogen-bond donors (Lipinski definition) is 2. The van der Waals surface area contributed by atoms with Gasteiger partial charge in [0.05, 0.1) is 0 Å². The summed E-state index contributed by atoms with van der Waals surface area (Å²) in [6, 6.07) is 24.1. The molecule has 2 N–H and O–H groups in total. The number of halogens is 1. The molecule has 0 radical (unpaired) electrons. The van der Waals surface area contributed by atoms with E-state index in [1.807, 2.05) is 38.1 Å². The fourth-order valence-electron chi connectivity index (χ4n) is 4.06. The first kappa shape index (κ1) is 23.1. The molecule has 1 aliphatic heterocycles. The van der Waals surface area contributed by atoms with Crippen molar-refractivity contribution in [2.45, 2.75) is 26.4 Å². The number of amides is 1. The van der Waals surface area contributed by atoms with Crippen LogP contribution in [-0.2, 0) is 11.3 Å². The van der Waals surface area contributed by atoms with Gasteiger partial charge in [-0.1, -0.05) is 48.0 Å². The Balaban J connectivity index is 1.27. The molecule has 1 unspecified atom stereocenters. The zero-order chi connectivity index (χ0) is 23.2. The molecule has 1 fully saturated rings. The van der Waals surface area contributed by atoms with Crippen LogP contribution >= 0.6 is 11.6 Å². The second-order valence-corrected chi connectivity index (χ2v) is 9.05. The van der Waals surface area contributed by atoms with E-state index in [4.69, 9.17) is 11.6 Å². The van der Waals surface area contributed by atoms with Gasteiger partial charge < -0.3 is 15.5 Å². The van der Waals surface area contributed by atoms with Gasteiger partial charge >= 0.3 is 0 Å². The predicted octanol–water partition coefficient (Wildman–Crippen LogP) is 5.41. The largest absolute Gasteiger partial charge is 0.374 e. The summed E-state index contributed by atoms with van der Waals surface area (Å²) in [6.45, 7) is 8.93. The molecule has 1 aliphatic rings. The van der Waals surface area contributed by atoms with Gasteiger partial charge in [0, 0.05) is 54.8 Å². The van der Waals surface area contributed by atoms with Crippen LogP contribution < -0.4 is 15.5 Å². The number of benzene rings is 3. The molecule has 1 amide bonds. The lowest BCUT2D eigenvalue weighted by Gasteiger charge is -2.36. The molecule has 0 aliphatic carbocycles. The van der Waals surface area contributed by atoms with Crippen molar-refractivity contribution in [3.63, 3.8) is 0 Å². The number of nitrogens with one attached hydrogen (secondary N) is 2. The van der Waals surface area contributed by atoms with Crippen molar-refractivity contribution in [2.75, 3.05) is 41.7 Å². The number of anilines is 3. The van der Waals surface area contributed by atoms with Gasteiger partial charge in [-0.05, 0) is 61.4 Å². The lowest BCUT2D eigenvalue weighted by molar-refractivity contribution is -0.116. The summed E-state index contributed by atoms with van der Waals surface area (Å²) >= 11 is 6.06. The molecule has 172 valence electrons. The van der Waals surface area contributed by atoms with Gasteiger partial charge in [-0.25, -0.2) is 0 Å². The summed E-state index contributed by atoms with van der Waals surface area (Å²) < 4.78 is 0. The summed E-state index contributed by atoms with van der Waals surface area (Å²) in [5.41, 5.74) is 5.22. The van der Waals surface area contributed by atoms with Gasteiger partial charge in [-0.15, -0.1) is 0 Å². The highest BCUT2D eigenvalue weighted by Gasteiger charge is 2.18. The number of hydrogen-bond acceptors (Lipinski definition) is 4. The van der Waals surface area contributed by atoms with Gasteiger partial charge in [0.1, 0.15) is 6.04 Å². The van der Waals surface area contributed by atoms with Gasteiger partial charge in [-0.3, -0.25) is 9.69 Å². The van der Waals surface area contributed by atoms with E-state index < -0.39 is 0 Å². The molecule has 33 heavy (non-hydrogen) atoms. The molecule has 0 bridgehead atoms. The van der Waals surface area contributed by atoms with Crippen LogP contribution in [-0.4, -0.2) is 43.0 Å². The lowest BCUT2D eigenvalue weighted by Crippen LogP contribution is -2.45. The van der Waals surface area contributed by atoms with E-state index in [0.29, 0.717) is 5.02 Å². The normalized spacial score (nSPS) is 15.2. The number of rotatable bonds is 7. The van der Waals surface area contributed by atoms with E-state index in [1.165, 1.54) is 11.3 Å². The molecular formula is C27H31ClN4O. The fourth-order valence-corrected chi connectivity index (χ4v) is 4.23. The van der Waals surface area contributed by atoms with Crippen molar-refractivity contribution in [1.29, 1.82) is 0 Å². The lowest BCUT2D eigenvalue weighted by atomic mass is 10.1. The minimum Gasteiger partial charge on any atom is -0.374 e. The van der Waals surface area contributed by atoms with E-state index in [0.717, 1.165) is 49.7 Å². The first-order valence-corrected chi connectivity index (χ1v) is 11.8. The number of carbonyl (C=O) groups excluding carboxylic acids is 1. The van der Waals surface area contributed by atoms with Crippen LogP contribution in [0.15, 0.2) is 72.8 Å². The number of nitrogens with zero attached hydrogens (tertiary/aromatic N) is 2. The third-order valence-electron chi connectivity index (χ3n) is 6.09. The minimum atomic E-state index is -0.379. The molecule has 5 nitrogen and oxygen atoms in total. The fraction of sp³-hybridized carbons (Fsp3) is 0.296. The van der Waals surface area contributed by atoms with Gasteiger partial charge in [0.2, 0.25) is 5.91 Å². The Morgan fingerprint density at radius 3 is 2.36 bits per heavy atom. The Kier molecular flexibility index (Phi) is 7.53. The topological polar surface area (TPSA) is 47.6 Å². The Hall–Kier alpha value is -3.02. The molecule has 3 aromatic rings. The average Bonchev–Trinajstić information content (AvgIpc) is 2.83. The average molecular weight is 463 g/mol. The Labute approximate surface area is 201 Å². The maximum absolute atomic E-state index is 12.6. The number of aryl methyl sites for hydroxylation is 1. The minimum absolute atomic E-state index is 0.0982. The molecule has 4 rings (SSSR count). The van der Waals surface area contributed by atoms with Crippen LogP contribution in [0, 0.1) is 6.92 Å². The highest BCUT2D eigenvalue weighted by atomic mass is 35.5. The van der Waals surface area contributed by atoms with Crippen molar-refractivity contribution in [2.24, 2.45) is 0 Å². The van der Waals surface area contributed by atoms with Crippen molar-refractivity contribution in [3.8, 4) is 0 Å². The van der Waals surface area contributed by atoms with Gasteiger partial charge in [0.15, 0.2) is 0 Å². The molecule has 0 saturated carbocycles. The van der Waals surface area contributed by atoms with E-state index >= 15 is 0 Å². The van der Waals surface area contributed by atoms with Gasteiger partial charge in [-0.2, -0.15) is 0 Å². The second kappa shape index (κ2) is 10.7. The van der Waals surface area contributed by atoms with E-state index in [9.17, 15) is 4.79 Å². The summed E-state index contributed by atoms with van der Waals surface area (Å²) in [6.07, 6.45) is 0. The first-order chi connectivity index (χ1) is 16.0. The van der Waals surface area contributed by atoms with E-state index in [2.05, 4.69) is 62.9 Å².